The molecule has 5 rings (SSSR count). The van der Waals surface area contributed by atoms with Gasteiger partial charge in [-0.25, -0.2) is 4.98 Å². The number of aryl methyl sites for hydroxylation is 1. The standard InChI is InChI=1S/C32H36N4O3S/c1-20(2)30(36-17-26(16-34-36)24-8-6-5-7-9-24)32(39)35-18-27(37)15-28(35)29(38)14-21(3)23-10-12-25(13-11-23)31-22(4)33-19-40-31/h5-13,16-17,19-21,27-28,30,37H,14-15,18H2,1-4H3/t21-,27-,28+,30+/m1/s1. The average Bonchev–Trinajstić information content (AvgIpc) is 3.69. The fraction of sp³-hybridized carbons (Fsp3) is 0.375. The minimum Gasteiger partial charge on any atom is -0.391 e. The van der Waals surface area contributed by atoms with Crippen molar-refractivity contribution in [3.63, 3.8) is 0 Å². The lowest BCUT2D eigenvalue weighted by molar-refractivity contribution is -0.142. The van der Waals surface area contributed by atoms with Gasteiger partial charge >= 0.3 is 0 Å². The SMILES string of the molecule is Cc1ncsc1-c1ccc([C@H](C)CC(=O)[C@@H]2C[C@@H](O)CN2C(=O)[C@H](C(C)C)n2cc(-c3ccccc3)cn2)cc1. The van der Waals surface area contributed by atoms with E-state index >= 15 is 0 Å². The first-order valence-corrected chi connectivity index (χ1v) is 14.7. The van der Waals surface area contributed by atoms with Crippen molar-refractivity contribution in [3.05, 3.63) is 83.8 Å². The summed E-state index contributed by atoms with van der Waals surface area (Å²) in [4.78, 5) is 34.6. The first kappa shape index (κ1) is 27.9. The number of thiazole rings is 1. The summed E-state index contributed by atoms with van der Waals surface area (Å²) in [5, 5.41) is 15.1. The molecule has 3 heterocycles. The molecule has 4 aromatic rings. The maximum atomic E-state index is 13.9. The summed E-state index contributed by atoms with van der Waals surface area (Å²) in [7, 11) is 0. The zero-order valence-electron chi connectivity index (χ0n) is 23.4. The van der Waals surface area contributed by atoms with Gasteiger partial charge in [0.1, 0.15) is 6.04 Å². The van der Waals surface area contributed by atoms with Gasteiger partial charge in [0, 0.05) is 31.1 Å². The number of amides is 1. The molecule has 1 saturated heterocycles. The number of aliphatic hydroxyl groups is 1. The minimum atomic E-state index is -0.722. The van der Waals surface area contributed by atoms with E-state index in [0.29, 0.717) is 6.42 Å². The van der Waals surface area contributed by atoms with Gasteiger partial charge in [-0.05, 0) is 35.4 Å². The number of likely N-dealkylation sites (tertiary alicyclic amines) is 1. The highest BCUT2D eigenvalue weighted by Crippen LogP contribution is 2.32. The Labute approximate surface area is 239 Å². The zero-order chi connectivity index (χ0) is 28.4. The van der Waals surface area contributed by atoms with Gasteiger partial charge in [-0.15, -0.1) is 11.3 Å². The smallest absolute Gasteiger partial charge is 0.248 e. The van der Waals surface area contributed by atoms with E-state index in [9.17, 15) is 14.7 Å². The summed E-state index contributed by atoms with van der Waals surface area (Å²) in [6.07, 6.45) is 3.50. The molecule has 0 unspecified atom stereocenters. The number of ketones is 1. The number of carbonyl (C=O) groups is 2. The number of carbonyl (C=O) groups excluding carboxylic acids is 2. The van der Waals surface area contributed by atoms with Crippen LogP contribution < -0.4 is 0 Å². The molecule has 0 aliphatic carbocycles. The monoisotopic (exact) mass is 556 g/mol. The van der Waals surface area contributed by atoms with Crippen molar-refractivity contribution in [1.82, 2.24) is 19.7 Å². The Kier molecular flexibility index (Phi) is 8.28. The van der Waals surface area contributed by atoms with Crippen LogP contribution in [0.3, 0.4) is 0 Å². The van der Waals surface area contributed by atoms with Crippen LogP contribution in [0.25, 0.3) is 21.6 Å². The Balaban J connectivity index is 1.30. The van der Waals surface area contributed by atoms with E-state index in [4.69, 9.17) is 0 Å². The minimum absolute atomic E-state index is 0.0146. The third kappa shape index (κ3) is 5.78. The van der Waals surface area contributed by atoms with Crippen LogP contribution in [-0.2, 0) is 9.59 Å². The van der Waals surface area contributed by atoms with Gasteiger partial charge in [0.25, 0.3) is 0 Å². The molecule has 208 valence electrons. The maximum Gasteiger partial charge on any atom is 0.248 e. The van der Waals surface area contributed by atoms with Crippen molar-refractivity contribution < 1.29 is 14.7 Å². The van der Waals surface area contributed by atoms with Crippen LogP contribution in [-0.4, -0.2) is 55.2 Å². The fourth-order valence-electron chi connectivity index (χ4n) is 5.60. The van der Waals surface area contributed by atoms with Crippen molar-refractivity contribution in [2.24, 2.45) is 5.92 Å². The predicted octanol–water partition coefficient (Wildman–Crippen LogP) is 5.90. The largest absolute Gasteiger partial charge is 0.391 e. The van der Waals surface area contributed by atoms with Crippen LogP contribution in [0.15, 0.2) is 72.5 Å². The lowest BCUT2D eigenvalue weighted by atomic mass is 9.91. The van der Waals surface area contributed by atoms with Crippen LogP contribution in [0.4, 0.5) is 0 Å². The quantitative estimate of drug-likeness (QED) is 0.277. The maximum absolute atomic E-state index is 13.9. The Morgan fingerprint density at radius 1 is 1.02 bits per heavy atom. The van der Waals surface area contributed by atoms with Gasteiger partial charge in [0.2, 0.25) is 5.91 Å². The molecule has 1 fully saturated rings. The molecule has 2 aromatic carbocycles. The number of benzene rings is 2. The normalized spacial score (nSPS) is 18.7. The number of aliphatic hydroxyl groups excluding tert-OH is 1. The zero-order valence-corrected chi connectivity index (χ0v) is 24.2. The molecule has 8 heteroatoms. The van der Waals surface area contributed by atoms with Crippen LogP contribution in [0.1, 0.15) is 56.8 Å². The van der Waals surface area contributed by atoms with Crippen LogP contribution in [0, 0.1) is 12.8 Å². The van der Waals surface area contributed by atoms with Gasteiger partial charge in [0.15, 0.2) is 5.78 Å². The summed E-state index contributed by atoms with van der Waals surface area (Å²) in [5.41, 5.74) is 7.00. The number of hydrogen-bond donors (Lipinski definition) is 1. The Bertz CT molecular complexity index is 1460. The molecule has 4 atom stereocenters. The summed E-state index contributed by atoms with van der Waals surface area (Å²) in [5.74, 6) is -0.263. The van der Waals surface area contributed by atoms with Crippen LogP contribution in [0.2, 0.25) is 0 Å². The van der Waals surface area contributed by atoms with Gasteiger partial charge in [0.05, 0.1) is 34.4 Å². The Morgan fingerprint density at radius 2 is 1.75 bits per heavy atom. The Hall–Kier alpha value is -3.62. The van der Waals surface area contributed by atoms with E-state index in [2.05, 4.69) is 34.3 Å². The number of hydrogen-bond acceptors (Lipinski definition) is 6. The number of β-amino-alcohol motifs (C(OH)–C–C–N with tert-alkyl or cyclic N) is 1. The van der Waals surface area contributed by atoms with E-state index in [1.807, 2.05) is 69.7 Å². The molecule has 0 radical (unpaired) electrons. The third-order valence-corrected chi connectivity index (χ3v) is 8.78. The highest BCUT2D eigenvalue weighted by molar-refractivity contribution is 7.13. The van der Waals surface area contributed by atoms with Crippen molar-refractivity contribution in [2.45, 2.75) is 64.6 Å². The van der Waals surface area contributed by atoms with Gasteiger partial charge in [-0.1, -0.05) is 75.4 Å². The molecule has 1 N–H and O–H groups in total. The summed E-state index contributed by atoms with van der Waals surface area (Å²) >= 11 is 1.62. The highest BCUT2D eigenvalue weighted by atomic mass is 32.1. The molecule has 1 aliphatic heterocycles. The topological polar surface area (TPSA) is 88.3 Å². The molecule has 40 heavy (non-hydrogen) atoms. The van der Waals surface area contributed by atoms with E-state index in [1.54, 1.807) is 27.1 Å². The molecule has 1 aliphatic rings. The lowest BCUT2D eigenvalue weighted by Crippen LogP contribution is -2.45. The number of nitrogens with zero attached hydrogens (tertiary/aromatic N) is 4. The second-order valence-corrected chi connectivity index (χ2v) is 12.0. The van der Waals surface area contributed by atoms with Gasteiger partial charge < -0.3 is 10.0 Å². The molecule has 0 bridgehead atoms. The summed E-state index contributed by atoms with van der Waals surface area (Å²) in [6.45, 7) is 8.16. The number of rotatable bonds is 9. The van der Waals surface area contributed by atoms with Crippen molar-refractivity contribution in [3.8, 4) is 21.6 Å². The molecular weight excluding hydrogens is 520 g/mol. The van der Waals surface area contributed by atoms with Crippen molar-refractivity contribution >= 4 is 23.0 Å². The number of Topliss-reactive ketones (excluding diaryl/α,β-unsaturated/α-hetero) is 1. The second-order valence-electron chi connectivity index (χ2n) is 11.1. The number of aromatic nitrogens is 3. The first-order valence-electron chi connectivity index (χ1n) is 13.8. The Morgan fingerprint density at radius 3 is 2.40 bits per heavy atom. The average molecular weight is 557 g/mol. The van der Waals surface area contributed by atoms with Crippen LogP contribution in [0.5, 0.6) is 0 Å². The fourth-order valence-corrected chi connectivity index (χ4v) is 6.42. The predicted molar refractivity (Wildman–Crippen MR) is 158 cm³/mol. The second kappa shape index (κ2) is 11.9. The van der Waals surface area contributed by atoms with E-state index < -0.39 is 18.2 Å². The van der Waals surface area contributed by atoms with Crippen LogP contribution >= 0.6 is 11.3 Å². The van der Waals surface area contributed by atoms with E-state index in [1.165, 1.54) is 0 Å². The van der Waals surface area contributed by atoms with Gasteiger partial charge in [-0.3, -0.25) is 14.3 Å². The molecule has 2 aromatic heterocycles. The first-order chi connectivity index (χ1) is 19.2. The van der Waals surface area contributed by atoms with E-state index in [0.717, 1.165) is 32.8 Å². The van der Waals surface area contributed by atoms with Crippen molar-refractivity contribution in [1.29, 1.82) is 0 Å². The molecule has 0 spiro atoms. The third-order valence-electron chi connectivity index (χ3n) is 7.81. The summed E-state index contributed by atoms with van der Waals surface area (Å²) in [6, 6.07) is 17.0. The van der Waals surface area contributed by atoms with Crippen molar-refractivity contribution in [2.75, 3.05) is 6.54 Å². The molecular formula is C32H36N4O3S. The molecule has 1 amide bonds. The molecule has 0 saturated carbocycles. The summed E-state index contributed by atoms with van der Waals surface area (Å²) < 4.78 is 1.70. The molecule has 7 nitrogen and oxygen atoms in total. The highest BCUT2D eigenvalue weighted by Gasteiger charge is 2.42. The van der Waals surface area contributed by atoms with E-state index in [-0.39, 0.29) is 36.5 Å². The lowest BCUT2D eigenvalue weighted by Gasteiger charge is -2.30. The van der Waals surface area contributed by atoms with Gasteiger partial charge in [-0.2, -0.15) is 5.10 Å².